The van der Waals surface area contributed by atoms with E-state index in [0.717, 1.165) is 13.1 Å². The van der Waals surface area contributed by atoms with Crippen molar-refractivity contribution in [3.05, 3.63) is 34.9 Å². The topological polar surface area (TPSA) is 15.3 Å². The second kappa shape index (κ2) is 4.56. The predicted octanol–water partition coefficient (Wildman–Crippen LogP) is 2.27. The fourth-order valence-corrected chi connectivity index (χ4v) is 2.31. The SMILES string of the molecule is Cc1ccc(C)c(C(C)N(C)C2CNC2)c1. The highest BCUT2D eigenvalue weighted by Crippen LogP contribution is 2.25. The molecule has 2 rings (SSSR count). The van der Waals surface area contributed by atoms with Gasteiger partial charge in [0.15, 0.2) is 0 Å². The zero-order valence-corrected chi connectivity index (χ0v) is 10.7. The first kappa shape index (κ1) is 11.6. The molecule has 1 unspecified atom stereocenters. The van der Waals surface area contributed by atoms with Gasteiger partial charge in [0.05, 0.1) is 0 Å². The minimum atomic E-state index is 0.506. The van der Waals surface area contributed by atoms with Gasteiger partial charge in [-0.2, -0.15) is 0 Å². The molecule has 0 spiro atoms. The van der Waals surface area contributed by atoms with Gasteiger partial charge in [-0.3, -0.25) is 4.90 Å². The molecular weight excluding hydrogens is 196 g/mol. The lowest BCUT2D eigenvalue weighted by Gasteiger charge is -2.39. The molecule has 1 fully saturated rings. The molecule has 2 nitrogen and oxygen atoms in total. The van der Waals surface area contributed by atoms with E-state index >= 15 is 0 Å². The molecule has 88 valence electrons. The summed E-state index contributed by atoms with van der Waals surface area (Å²) in [6.07, 6.45) is 0. The Morgan fingerprint density at radius 1 is 1.31 bits per heavy atom. The monoisotopic (exact) mass is 218 g/mol. The highest BCUT2D eigenvalue weighted by atomic mass is 15.2. The third kappa shape index (κ3) is 2.13. The van der Waals surface area contributed by atoms with Crippen LogP contribution in [-0.4, -0.2) is 31.1 Å². The predicted molar refractivity (Wildman–Crippen MR) is 68.8 cm³/mol. The Balaban J connectivity index is 2.18. The standard InChI is InChI=1S/C14H22N2/c1-10-5-6-11(2)14(7-10)12(3)16(4)13-8-15-9-13/h5-7,12-13,15H,8-9H2,1-4H3. The second-order valence-electron chi connectivity index (χ2n) is 5.01. The number of likely N-dealkylation sites (N-methyl/N-ethyl adjacent to an activating group) is 1. The lowest BCUT2D eigenvalue weighted by molar-refractivity contribution is 0.136. The molecule has 0 bridgehead atoms. The molecule has 1 atom stereocenters. The van der Waals surface area contributed by atoms with Gasteiger partial charge in [-0.1, -0.05) is 23.8 Å². The van der Waals surface area contributed by atoms with Crippen LogP contribution in [0.5, 0.6) is 0 Å². The van der Waals surface area contributed by atoms with E-state index in [-0.39, 0.29) is 0 Å². The van der Waals surface area contributed by atoms with E-state index < -0.39 is 0 Å². The number of hydrogen-bond donors (Lipinski definition) is 1. The van der Waals surface area contributed by atoms with E-state index in [0.29, 0.717) is 12.1 Å². The molecule has 1 aliphatic heterocycles. The van der Waals surface area contributed by atoms with Gasteiger partial charge in [-0.25, -0.2) is 0 Å². The van der Waals surface area contributed by atoms with Crippen LogP contribution in [0.25, 0.3) is 0 Å². The van der Waals surface area contributed by atoms with Gasteiger partial charge < -0.3 is 5.32 Å². The molecule has 1 aliphatic rings. The largest absolute Gasteiger partial charge is 0.314 e. The van der Waals surface area contributed by atoms with Crippen LogP contribution in [0.1, 0.15) is 29.7 Å². The van der Waals surface area contributed by atoms with Gasteiger partial charge in [0, 0.05) is 25.2 Å². The van der Waals surface area contributed by atoms with Crippen molar-refractivity contribution in [2.75, 3.05) is 20.1 Å². The Labute approximate surface area is 98.7 Å². The molecule has 0 amide bonds. The maximum atomic E-state index is 3.33. The van der Waals surface area contributed by atoms with Crippen LogP contribution in [0.3, 0.4) is 0 Å². The molecule has 1 N–H and O–H groups in total. The van der Waals surface area contributed by atoms with Gasteiger partial charge >= 0.3 is 0 Å². The van der Waals surface area contributed by atoms with Crippen LogP contribution in [-0.2, 0) is 0 Å². The minimum absolute atomic E-state index is 0.506. The average Bonchev–Trinajstić information content (AvgIpc) is 2.18. The molecule has 0 radical (unpaired) electrons. The molecule has 1 saturated heterocycles. The first-order valence-electron chi connectivity index (χ1n) is 6.09. The summed E-state index contributed by atoms with van der Waals surface area (Å²) in [6.45, 7) is 8.94. The van der Waals surface area contributed by atoms with Crippen molar-refractivity contribution >= 4 is 0 Å². The zero-order chi connectivity index (χ0) is 11.7. The highest BCUT2D eigenvalue weighted by Gasteiger charge is 2.26. The van der Waals surface area contributed by atoms with Crippen molar-refractivity contribution in [2.45, 2.75) is 32.9 Å². The van der Waals surface area contributed by atoms with Crippen molar-refractivity contribution in [3.63, 3.8) is 0 Å². The highest BCUT2D eigenvalue weighted by molar-refractivity contribution is 5.32. The quantitative estimate of drug-likeness (QED) is 0.837. The average molecular weight is 218 g/mol. The summed E-state index contributed by atoms with van der Waals surface area (Å²) in [5, 5.41) is 3.33. The van der Waals surface area contributed by atoms with E-state index in [9.17, 15) is 0 Å². The van der Waals surface area contributed by atoms with E-state index in [4.69, 9.17) is 0 Å². The lowest BCUT2D eigenvalue weighted by Crippen LogP contribution is -2.56. The first-order chi connectivity index (χ1) is 7.59. The van der Waals surface area contributed by atoms with Crippen LogP contribution >= 0.6 is 0 Å². The van der Waals surface area contributed by atoms with E-state index in [1.54, 1.807) is 0 Å². The Bertz CT molecular complexity index is 369. The third-order valence-electron chi connectivity index (χ3n) is 3.83. The van der Waals surface area contributed by atoms with Crippen molar-refractivity contribution in [1.29, 1.82) is 0 Å². The van der Waals surface area contributed by atoms with E-state index in [1.807, 2.05) is 0 Å². The smallest absolute Gasteiger partial charge is 0.0348 e. The minimum Gasteiger partial charge on any atom is -0.314 e. The molecule has 2 heteroatoms. The van der Waals surface area contributed by atoms with Crippen molar-refractivity contribution in [3.8, 4) is 0 Å². The summed E-state index contributed by atoms with van der Waals surface area (Å²) in [4.78, 5) is 2.48. The summed E-state index contributed by atoms with van der Waals surface area (Å²) in [7, 11) is 2.23. The van der Waals surface area contributed by atoms with Gasteiger partial charge in [-0.15, -0.1) is 0 Å². The molecular formula is C14H22N2. The summed E-state index contributed by atoms with van der Waals surface area (Å²) in [5.74, 6) is 0. The fourth-order valence-electron chi connectivity index (χ4n) is 2.31. The van der Waals surface area contributed by atoms with Gasteiger partial charge in [0.1, 0.15) is 0 Å². The summed E-state index contributed by atoms with van der Waals surface area (Å²) in [6, 6.07) is 7.95. The number of rotatable bonds is 3. The molecule has 0 saturated carbocycles. The fraction of sp³-hybridized carbons (Fsp3) is 0.571. The van der Waals surface area contributed by atoms with Crippen molar-refractivity contribution in [2.24, 2.45) is 0 Å². The first-order valence-corrected chi connectivity index (χ1v) is 6.09. The second-order valence-corrected chi connectivity index (χ2v) is 5.01. The normalized spacial score (nSPS) is 18.6. The van der Waals surface area contributed by atoms with Crippen LogP contribution in [0, 0.1) is 13.8 Å². The lowest BCUT2D eigenvalue weighted by atomic mass is 9.97. The Morgan fingerprint density at radius 3 is 2.56 bits per heavy atom. The molecule has 0 aliphatic carbocycles. The Morgan fingerprint density at radius 2 is 2.00 bits per heavy atom. The Kier molecular flexibility index (Phi) is 3.31. The summed E-state index contributed by atoms with van der Waals surface area (Å²) < 4.78 is 0. The summed E-state index contributed by atoms with van der Waals surface area (Å²) >= 11 is 0. The van der Waals surface area contributed by atoms with Crippen molar-refractivity contribution in [1.82, 2.24) is 10.2 Å². The maximum Gasteiger partial charge on any atom is 0.0348 e. The number of benzene rings is 1. The van der Waals surface area contributed by atoms with Gasteiger partial charge in [-0.05, 0) is 38.9 Å². The number of nitrogens with zero attached hydrogens (tertiary/aromatic N) is 1. The number of aryl methyl sites for hydroxylation is 2. The van der Waals surface area contributed by atoms with Crippen molar-refractivity contribution < 1.29 is 0 Å². The van der Waals surface area contributed by atoms with Gasteiger partial charge in [0.25, 0.3) is 0 Å². The number of nitrogens with one attached hydrogen (secondary N) is 1. The van der Waals surface area contributed by atoms with E-state index in [1.165, 1.54) is 16.7 Å². The third-order valence-corrected chi connectivity index (χ3v) is 3.83. The molecule has 0 aromatic heterocycles. The zero-order valence-electron chi connectivity index (χ0n) is 10.7. The Hall–Kier alpha value is -0.860. The van der Waals surface area contributed by atoms with E-state index in [2.05, 4.69) is 56.2 Å². The maximum absolute atomic E-state index is 3.33. The molecule has 1 heterocycles. The van der Waals surface area contributed by atoms with Gasteiger partial charge in [0.2, 0.25) is 0 Å². The van der Waals surface area contributed by atoms with Crippen LogP contribution in [0.15, 0.2) is 18.2 Å². The number of hydrogen-bond acceptors (Lipinski definition) is 2. The van der Waals surface area contributed by atoms with Crippen LogP contribution < -0.4 is 5.32 Å². The molecule has 16 heavy (non-hydrogen) atoms. The molecule has 1 aromatic rings. The van der Waals surface area contributed by atoms with Crippen LogP contribution in [0.4, 0.5) is 0 Å². The molecule has 1 aromatic carbocycles. The van der Waals surface area contributed by atoms with Crippen LogP contribution in [0.2, 0.25) is 0 Å². The summed E-state index contributed by atoms with van der Waals surface area (Å²) in [5.41, 5.74) is 4.22.